The van der Waals surface area contributed by atoms with Crippen LogP contribution in [0.3, 0.4) is 0 Å². The summed E-state index contributed by atoms with van der Waals surface area (Å²) in [4.78, 5) is 13.6. The zero-order chi connectivity index (χ0) is 19.7. The number of amides is 1. The topological polar surface area (TPSA) is 103 Å². The van der Waals surface area contributed by atoms with Gasteiger partial charge in [-0.25, -0.2) is 13.9 Å². The van der Waals surface area contributed by atoms with E-state index in [9.17, 15) is 13.4 Å². The molecule has 1 aromatic heterocycles. The molecule has 0 radical (unpaired) electrons. The summed E-state index contributed by atoms with van der Waals surface area (Å²) in [6, 6.07) is 4.71. The summed E-state index contributed by atoms with van der Waals surface area (Å²) in [5.41, 5.74) is 7.95. The number of carbonyl (C=O) groups excluding carboxylic acids is 1. The van der Waals surface area contributed by atoms with Gasteiger partial charge < -0.3 is 10.5 Å². The number of hydrogen-bond donors (Lipinski definition) is 1. The average Bonchev–Trinajstić information content (AvgIpc) is 3.29. The van der Waals surface area contributed by atoms with Gasteiger partial charge in [-0.2, -0.15) is 0 Å². The van der Waals surface area contributed by atoms with Crippen LogP contribution < -0.4 is 10.6 Å². The van der Waals surface area contributed by atoms with Crippen molar-refractivity contribution in [1.29, 1.82) is 0 Å². The summed E-state index contributed by atoms with van der Waals surface area (Å²) in [7, 11) is -0.859. The van der Waals surface area contributed by atoms with Crippen molar-refractivity contribution < 1.29 is 18.1 Å². The second-order valence-electron chi connectivity index (χ2n) is 6.71. The molecule has 2 N–H and O–H groups in total. The van der Waals surface area contributed by atoms with Gasteiger partial charge in [0, 0.05) is 40.6 Å². The monoisotopic (exact) mass is 405 g/mol. The fraction of sp³-hybridized carbons (Fsp3) is 0.389. The number of halogens is 1. The first-order chi connectivity index (χ1) is 13.5. The van der Waals surface area contributed by atoms with Crippen LogP contribution in [0.4, 0.5) is 14.9 Å². The van der Waals surface area contributed by atoms with E-state index in [0.717, 1.165) is 5.57 Å². The van der Waals surface area contributed by atoms with Crippen molar-refractivity contribution in [1.82, 2.24) is 15.0 Å². The average molecular weight is 405 g/mol. The van der Waals surface area contributed by atoms with Crippen molar-refractivity contribution in [2.24, 2.45) is 5.73 Å². The third-order valence-electron chi connectivity index (χ3n) is 4.78. The molecule has 2 atom stereocenters. The molecule has 148 valence electrons. The molecule has 1 aromatic carbocycles. The summed E-state index contributed by atoms with van der Waals surface area (Å²) < 4.78 is 33.1. The number of anilines is 1. The van der Waals surface area contributed by atoms with Crippen molar-refractivity contribution in [2.75, 3.05) is 23.0 Å². The van der Waals surface area contributed by atoms with E-state index in [1.807, 2.05) is 6.08 Å². The van der Waals surface area contributed by atoms with Crippen LogP contribution in [-0.2, 0) is 28.6 Å². The second-order valence-corrected chi connectivity index (χ2v) is 8.33. The zero-order valence-electron chi connectivity index (χ0n) is 15.1. The first-order valence-electron chi connectivity index (χ1n) is 8.94. The molecular weight excluding hydrogens is 385 g/mol. The van der Waals surface area contributed by atoms with E-state index in [-0.39, 0.29) is 13.1 Å². The molecule has 8 nitrogen and oxygen atoms in total. The van der Waals surface area contributed by atoms with Crippen LogP contribution in [0.5, 0.6) is 0 Å². The number of nitrogens with zero attached hydrogens (tertiary/aromatic N) is 4. The number of ether oxygens (including phenoxy) is 1. The predicted octanol–water partition coefficient (Wildman–Crippen LogP) is 1.44. The van der Waals surface area contributed by atoms with Crippen LogP contribution in [-0.4, -0.2) is 49.5 Å². The van der Waals surface area contributed by atoms with Crippen molar-refractivity contribution in [3.05, 3.63) is 47.5 Å². The molecule has 2 unspecified atom stereocenters. The first-order valence-corrected chi connectivity index (χ1v) is 10.4. The van der Waals surface area contributed by atoms with E-state index in [0.29, 0.717) is 41.4 Å². The highest BCUT2D eigenvalue weighted by Crippen LogP contribution is 2.29. The summed E-state index contributed by atoms with van der Waals surface area (Å²) in [5.74, 6) is 0.586. The van der Waals surface area contributed by atoms with Gasteiger partial charge in [0.15, 0.2) is 0 Å². The molecule has 0 bridgehead atoms. The normalized spacial score (nSPS) is 22.3. The summed E-state index contributed by atoms with van der Waals surface area (Å²) in [6.07, 6.45) is 3.17. The minimum absolute atomic E-state index is 0.286. The molecule has 2 aliphatic heterocycles. The third kappa shape index (κ3) is 3.83. The lowest BCUT2D eigenvalue weighted by atomic mass is 10.0. The fourth-order valence-corrected chi connectivity index (χ4v) is 4.34. The highest BCUT2D eigenvalue weighted by molar-refractivity contribution is 7.85. The van der Waals surface area contributed by atoms with Gasteiger partial charge in [-0.3, -0.25) is 9.11 Å². The smallest absolute Gasteiger partial charge is 0.414 e. The lowest BCUT2D eigenvalue weighted by molar-refractivity contribution is 0.129. The standard InChI is InChI=1S/C18H20FN5O3S/c19-17-7-14(1-2-16(17)12-3-5-28(26)6-4-12)24-11-15(27-18(24)25)10-23-9-13(8-20)21-22-23/h1-3,7,9,15H,4-6,8,10-11,20H2. The number of carbonyl (C=O) groups is 1. The molecule has 4 rings (SSSR count). The summed E-state index contributed by atoms with van der Waals surface area (Å²) in [6.45, 7) is 0.922. The van der Waals surface area contributed by atoms with Crippen LogP contribution in [0.25, 0.3) is 5.57 Å². The molecule has 1 fully saturated rings. The van der Waals surface area contributed by atoms with E-state index in [2.05, 4.69) is 10.3 Å². The van der Waals surface area contributed by atoms with E-state index in [1.54, 1.807) is 23.0 Å². The van der Waals surface area contributed by atoms with E-state index < -0.39 is 28.8 Å². The molecule has 2 aliphatic rings. The van der Waals surface area contributed by atoms with Gasteiger partial charge in [0.1, 0.15) is 11.9 Å². The number of aromatic nitrogens is 3. The second kappa shape index (κ2) is 7.80. The number of nitrogens with two attached hydrogens (primary N) is 1. The van der Waals surface area contributed by atoms with Crippen molar-refractivity contribution in [2.45, 2.75) is 25.6 Å². The Kier molecular flexibility index (Phi) is 5.23. The highest BCUT2D eigenvalue weighted by Gasteiger charge is 2.33. The number of rotatable bonds is 5. The molecule has 1 amide bonds. The Labute approximate surface area is 163 Å². The van der Waals surface area contributed by atoms with Crippen LogP contribution in [0.1, 0.15) is 17.7 Å². The van der Waals surface area contributed by atoms with Gasteiger partial charge in [-0.1, -0.05) is 11.3 Å². The van der Waals surface area contributed by atoms with E-state index in [1.165, 1.54) is 11.0 Å². The number of cyclic esters (lactones) is 1. The summed E-state index contributed by atoms with van der Waals surface area (Å²) in [5, 5.41) is 7.85. The molecule has 1 saturated heterocycles. The molecule has 10 heteroatoms. The molecular formula is C18H20FN5O3S. The molecule has 0 spiro atoms. The number of benzene rings is 1. The number of hydrogen-bond acceptors (Lipinski definition) is 6. The van der Waals surface area contributed by atoms with E-state index in [4.69, 9.17) is 10.5 Å². The Bertz CT molecular complexity index is 960. The third-order valence-corrected chi connectivity index (χ3v) is 5.98. The van der Waals surface area contributed by atoms with Gasteiger partial charge >= 0.3 is 6.09 Å². The van der Waals surface area contributed by atoms with Crippen LogP contribution >= 0.6 is 0 Å². The maximum absolute atomic E-state index is 14.7. The minimum atomic E-state index is -0.859. The quantitative estimate of drug-likeness (QED) is 0.807. The molecule has 28 heavy (non-hydrogen) atoms. The summed E-state index contributed by atoms with van der Waals surface area (Å²) >= 11 is 0. The van der Waals surface area contributed by atoms with Crippen LogP contribution in [0.2, 0.25) is 0 Å². The Morgan fingerprint density at radius 2 is 2.25 bits per heavy atom. The lowest BCUT2D eigenvalue weighted by Crippen LogP contribution is -2.26. The van der Waals surface area contributed by atoms with Gasteiger partial charge in [-0.15, -0.1) is 5.10 Å². The molecule has 3 heterocycles. The maximum atomic E-state index is 14.7. The van der Waals surface area contributed by atoms with Gasteiger partial charge in [-0.05, 0) is 30.2 Å². The Balaban J connectivity index is 1.47. The van der Waals surface area contributed by atoms with Crippen molar-refractivity contribution >= 4 is 28.2 Å². The van der Waals surface area contributed by atoms with E-state index >= 15 is 0 Å². The van der Waals surface area contributed by atoms with Crippen molar-refractivity contribution in [3.8, 4) is 0 Å². The lowest BCUT2D eigenvalue weighted by Gasteiger charge is -2.17. The Morgan fingerprint density at radius 1 is 1.39 bits per heavy atom. The predicted molar refractivity (Wildman–Crippen MR) is 102 cm³/mol. The minimum Gasteiger partial charge on any atom is -0.442 e. The Morgan fingerprint density at radius 3 is 2.93 bits per heavy atom. The highest BCUT2D eigenvalue weighted by atomic mass is 32.2. The SMILES string of the molecule is NCc1cn(CC2CN(c3ccc(C4=CCS(=O)CC4)c(F)c3)C(=O)O2)nn1. The molecule has 2 aromatic rings. The van der Waals surface area contributed by atoms with Crippen LogP contribution in [0.15, 0.2) is 30.5 Å². The fourth-order valence-electron chi connectivity index (χ4n) is 3.34. The van der Waals surface area contributed by atoms with Gasteiger partial charge in [0.25, 0.3) is 0 Å². The number of allylic oxidation sites excluding steroid dienone is 1. The Hall–Kier alpha value is -2.59. The maximum Gasteiger partial charge on any atom is 0.414 e. The first kappa shape index (κ1) is 18.8. The zero-order valence-corrected chi connectivity index (χ0v) is 15.9. The molecule has 0 aliphatic carbocycles. The van der Waals surface area contributed by atoms with Crippen molar-refractivity contribution in [3.63, 3.8) is 0 Å². The largest absolute Gasteiger partial charge is 0.442 e. The van der Waals surface area contributed by atoms with Gasteiger partial charge in [0.2, 0.25) is 0 Å². The van der Waals surface area contributed by atoms with Crippen LogP contribution in [0, 0.1) is 5.82 Å². The molecule has 0 saturated carbocycles. The van der Waals surface area contributed by atoms with Gasteiger partial charge in [0.05, 0.1) is 24.5 Å².